The lowest BCUT2D eigenvalue weighted by atomic mass is 10.0. The highest BCUT2D eigenvalue weighted by atomic mass is 16.5. The van der Waals surface area contributed by atoms with Crippen LogP contribution in [0.25, 0.3) is 11.4 Å². The molecule has 4 rings (SSSR count). The van der Waals surface area contributed by atoms with Crippen molar-refractivity contribution in [2.24, 2.45) is 0 Å². The molecule has 7 nitrogen and oxygen atoms in total. The van der Waals surface area contributed by atoms with Gasteiger partial charge in [-0.2, -0.15) is 4.98 Å². The van der Waals surface area contributed by atoms with E-state index in [0.717, 1.165) is 47.8 Å². The van der Waals surface area contributed by atoms with Gasteiger partial charge in [-0.05, 0) is 37.6 Å². The van der Waals surface area contributed by atoms with Crippen molar-refractivity contribution in [3.63, 3.8) is 0 Å². The molecular weight excluding hydrogens is 370 g/mol. The van der Waals surface area contributed by atoms with Gasteiger partial charge < -0.3 is 18.7 Å². The summed E-state index contributed by atoms with van der Waals surface area (Å²) in [6.07, 6.45) is 2.16. The first-order chi connectivity index (χ1) is 14.2. The third kappa shape index (κ3) is 4.05. The summed E-state index contributed by atoms with van der Waals surface area (Å²) in [6.45, 7) is 1.56. The van der Waals surface area contributed by atoms with Crippen LogP contribution in [0, 0.1) is 0 Å². The number of benzene rings is 2. The number of likely N-dealkylation sites (tertiary alicyclic amines) is 1. The van der Waals surface area contributed by atoms with E-state index in [1.54, 1.807) is 21.3 Å². The molecule has 1 saturated heterocycles. The van der Waals surface area contributed by atoms with Crippen LogP contribution in [0.2, 0.25) is 0 Å². The van der Waals surface area contributed by atoms with Crippen LogP contribution in [0.1, 0.15) is 30.3 Å². The van der Waals surface area contributed by atoms with E-state index in [-0.39, 0.29) is 6.04 Å². The molecule has 0 unspecified atom stereocenters. The normalized spacial score (nSPS) is 16.7. The van der Waals surface area contributed by atoms with Crippen LogP contribution in [0.4, 0.5) is 0 Å². The Morgan fingerprint density at radius 3 is 2.66 bits per heavy atom. The molecule has 1 aliphatic rings. The third-order valence-corrected chi connectivity index (χ3v) is 5.30. The van der Waals surface area contributed by atoms with Crippen molar-refractivity contribution in [2.45, 2.75) is 25.4 Å². The summed E-state index contributed by atoms with van der Waals surface area (Å²) in [4.78, 5) is 6.95. The first kappa shape index (κ1) is 19.3. The molecule has 0 amide bonds. The van der Waals surface area contributed by atoms with Crippen LogP contribution in [-0.2, 0) is 6.54 Å². The Bertz CT molecular complexity index is 972. The summed E-state index contributed by atoms with van der Waals surface area (Å²) in [5, 5.41) is 4.15. The average molecular weight is 395 g/mol. The van der Waals surface area contributed by atoms with Gasteiger partial charge >= 0.3 is 0 Å². The first-order valence-electron chi connectivity index (χ1n) is 9.65. The van der Waals surface area contributed by atoms with Gasteiger partial charge in [0.25, 0.3) is 0 Å². The van der Waals surface area contributed by atoms with Gasteiger partial charge in [-0.15, -0.1) is 0 Å². The van der Waals surface area contributed by atoms with Crippen molar-refractivity contribution in [1.29, 1.82) is 0 Å². The topological polar surface area (TPSA) is 69.9 Å². The van der Waals surface area contributed by atoms with E-state index in [4.69, 9.17) is 18.7 Å². The Hall–Kier alpha value is -3.06. The van der Waals surface area contributed by atoms with Crippen LogP contribution in [0.3, 0.4) is 0 Å². The van der Waals surface area contributed by atoms with Gasteiger partial charge in [-0.1, -0.05) is 23.4 Å². The highest BCUT2D eigenvalue weighted by Crippen LogP contribution is 2.39. The molecule has 0 spiro atoms. The Morgan fingerprint density at radius 1 is 1.03 bits per heavy atom. The fraction of sp³-hybridized carbons (Fsp3) is 0.364. The molecule has 152 valence electrons. The molecule has 2 heterocycles. The predicted molar refractivity (Wildman–Crippen MR) is 108 cm³/mol. The van der Waals surface area contributed by atoms with Crippen molar-refractivity contribution in [3.8, 4) is 28.6 Å². The summed E-state index contributed by atoms with van der Waals surface area (Å²) in [7, 11) is 4.99. The number of ether oxygens (including phenoxy) is 3. The summed E-state index contributed by atoms with van der Waals surface area (Å²) < 4.78 is 21.7. The standard InChI is InChI=1S/C22H25N3O4/c1-26-16-7-4-6-15(12-16)22-23-21(29-24-22)14-25-11-5-8-19(25)18-10-9-17(27-2)13-20(18)28-3/h4,6-7,9-10,12-13,19H,5,8,11,14H2,1-3H3/t19-/m1/s1. The highest BCUT2D eigenvalue weighted by Gasteiger charge is 2.30. The van der Waals surface area contributed by atoms with Gasteiger partial charge in [0.1, 0.15) is 17.2 Å². The monoisotopic (exact) mass is 395 g/mol. The smallest absolute Gasteiger partial charge is 0.241 e. The Kier molecular flexibility index (Phi) is 5.67. The van der Waals surface area contributed by atoms with Gasteiger partial charge in [0.05, 0.1) is 27.9 Å². The van der Waals surface area contributed by atoms with E-state index < -0.39 is 0 Å². The van der Waals surface area contributed by atoms with Gasteiger partial charge in [0.2, 0.25) is 11.7 Å². The van der Waals surface area contributed by atoms with Gasteiger partial charge in [0.15, 0.2) is 0 Å². The second-order valence-electron chi connectivity index (χ2n) is 6.98. The second-order valence-corrected chi connectivity index (χ2v) is 6.98. The number of nitrogens with zero attached hydrogens (tertiary/aromatic N) is 3. The molecule has 7 heteroatoms. The summed E-state index contributed by atoms with van der Waals surface area (Å²) >= 11 is 0. The van der Waals surface area contributed by atoms with Crippen molar-refractivity contribution in [1.82, 2.24) is 15.0 Å². The molecule has 0 saturated carbocycles. The van der Waals surface area contributed by atoms with Gasteiger partial charge in [0, 0.05) is 23.2 Å². The van der Waals surface area contributed by atoms with E-state index in [2.05, 4.69) is 21.1 Å². The summed E-state index contributed by atoms with van der Waals surface area (Å²) in [5.74, 6) is 3.55. The zero-order valence-corrected chi connectivity index (χ0v) is 16.9. The lowest BCUT2D eigenvalue weighted by Crippen LogP contribution is -2.23. The minimum Gasteiger partial charge on any atom is -0.497 e. The molecule has 1 aromatic heterocycles. The Balaban J connectivity index is 1.53. The van der Waals surface area contributed by atoms with Crippen LogP contribution in [-0.4, -0.2) is 42.9 Å². The number of hydrogen-bond acceptors (Lipinski definition) is 7. The highest BCUT2D eigenvalue weighted by molar-refractivity contribution is 5.56. The average Bonchev–Trinajstić information content (AvgIpc) is 3.43. The van der Waals surface area contributed by atoms with Crippen molar-refractivity contribution < 1.29 is 18.7 Å². The van der Waals surface area contributed by atoms with E-state index in [1.165, 1.54) is 0 Å². The fourth-order valence-corrected chi connectivity index (χ4v) is 3.83. The molecule has 0 aliphatic carbocycles. The largest absolute Gasteiger partial charge is 0.497 e. The zero-order chi connectivity index (χ0) is 20.2. The van der Waals surface area contributed by atoms with Crippen LogP contribution >= 0.6 is 0 Å². The minimum absolute atomic E-state index is 0.239. The lowest BCUT2D eigenvalue weighted by molar-refractivity contribution is 0.209. The fourth-order valence-electron chi connectivity index (χ4n) is 3.83. The maximum absolute atomic E-state index is 5.61. The minimum atomic E-state index is 0.239. The molecule has 1 aliphatic heterocycles. The molecule has 3 aromatic rings. The maximum Gasteiger partial charge on any atom is 0.241 e. The molecule has 1 atom stereocenters. The third-order valence-electron chi connectivity index (χ3n) is 5.30. The quantitative estimate of drug-likeness (QED) is 0.596. The Morgan fingerprint density at radius 2 is 1.86 bits per heavy atom. The number of hydrogen-bond donors (Lipinski definition) is 0. The second kappa shape index (κ2) is 8.53. The predicted octanol–water partition coefficient (Wildman–Crippen LogP) is 4.10. The van der Waals surface area contributed by atoms with E-state index in [0.29, 0.717) is 18.3 Å². The lowest BCUT2D eigenvalue weighted by Gasteiger charge is -2.25. The zero-order valence-electron chi connectivity index (χ0n) is 16.9. The van der Waals surface area contributed by atoms with Crippen LogP contribution in [0.15, 0.2) is 47.0 Å². The summed E-state index contributed by atoms with van der Waals surface area (Å²) in [6, 6.07) is 13.9. The van der Waals surface area contributed by atoms with Gasteiger partial charge in [-0.3, -0.25) is 4.90 Å². The van der Waals surface area contributed by atoms with Gasteiger partial charge in [-0.25, -0.2) is 0 Å². The molecular formula is C22H25N3O4. The summed E-state index contributed by atoms with van der Waals surface area (Å²) in [5.41, 5.74) is 2.02. The number of methoxy groups -OCH3 is 3. The molecule has 1 fully saturated rings. The number of rotatable bonds is 7. The molecule has 29 heavy (non-hydrogen) atoms. The Labute approximate surface area is 170 Å². The molecule has 0 N–H and O–H groups in total. The maximum atomic E-state index is 5.61. The first-order valence-corrected chi connectivity index (χ1v) is 9.65. The molecule has 2 aromatic carbocycles. The van der Waals surface area contributed by atoms with Crippen molar-refractivity contribution in [3.05, 3.63) is 53.9 Å². The van der Waals surface area contributed by atoms with Crippen molar-refractivity contribution in [2.75, 3.05) is 27.9 Å². The van der Waals surface area contributed by atoms with E-state index in [9.17, 15) is 0 Å². The van der Waals surface area contributed by atoms with Crippen LogP contribution < -0.4 is 14.2 Å². The SMILES string of the molecule is COc1cccc(-c2noc(CN3CCC[C@@H]3c3ccc(OC)cc3OC)n2)c1. The molecule has 0 bridgehead atoms. The number of aromatic nitrogens is 2. The van der Waals surface area contributed by atoms with E-state index >= 15 is 0 Å². The molecule has 0 radical (unpaired) electrons. The van der Waals surface area contributed by atoms with Crippen LogP contribution in [0.5, 0.6) is 17.2 Å². The van der Waals surface area contributed by atoms with E-state index in [1.807, 2.05) is 36.4 Å². The van der Waals surface area contributed by atoms with Crippen molar-refractivity contribution >= 4 is 0 Å².